The Morgan fingerprint density at radius 1 is 1.33 bits per heavy atom. The molecule has 1 atom stereocenters. The third-order valence-electron chi connectivity index (χ3n) is 3.85. The normalized spacial score (nSPS) is 16.8. The van der Waals surface area contributed by atoms with Crippen molar-refractivity contribution < 1.29 is 14.0 Å². The number of rotatable bonds is 5. The fourth-order valence-corrected chi connectivity index (χ4v) is 2.63. The van der Waals surface area contributed by atoms with Crippen molar-refractivity contribution in [3.8, 4) is 0 Å². The van der Waals surface area contributed by atoms with E-state index in [1.54, 1.807) is 25.6 Å². The first-order chi connectivity index (χ1) is 11.6. The summed E-state index contributed by atoms with van der Waals surface area (Å²) in [5.41, 5.74) is 7.40. The largest absolute Gasteiger partial charge is 0.472 e. The number of furan rings is 1. The number of nitrogens with zero attached hydrogens (tertiary/aromatic N) is 3. The highest BCUT2D eigenvalue weighted by molar-refractivity contribution is 6.40. The molecule has 0 saturated heterocycles. The van der Waals surface area contributed by atoms with Crippen molar-refractivity contribution in [2.75, 3.05) is 12.1 Å². The first-order valence-electron chi connectivity index (χ1n) is 7.54. The zero-order valence-electron chi connectivity index (χ0n) is 13.3. The molecule has 0 unspecified atom stereocenters. The molecule has 2 amide bonds. The lowest BCUT2D eigenvalue weighted by molar-refractivity contribution is -0.123. The van der Waals surface area contributed by atoms with E-state index < -0.39 is 11.9 Å². The standard InChI is InChI=1S/C17H18N4O3/c1-20(10-12-7-8-24-11-12)17(23)14-9-15(16(18)22)21(19-14)13-5-3-2-4-6-13/h2-8,11,15H,9-10H2,1H3,(H2,18,22)/t15-/m1/s1. The molecule has 2 heterocycles. The Labute approximate surface area is 139 Å². The molecule has 2 N–H and O–H groups in total. The molecular formula is C17H18N4O3. The van der Waals surface area contributed by atoms with Crippen LogP contribution in [0.5, 0.6) is 0 Å². The molecule has 7 heteroatoms. The second-order valence-corrected chi connectivity index (χ2v) is 5.64. The molecular weight excluding hydrogens is 308 g/mol. The Morgan fingerprint density at radius 2 is 2.08 bits per heavy atom. The van der Waals surface area contributed by atoms with Crippen LogP contribution < -0.4 is 10.7 Å². The topological polar surface area (TPSA) is 92.1 Å². The van der Waals surface area contributed by atoms with E-state index in [9.17, 15) is 9.59 Å². The molecule has 1 aliphatic rings. The summed E-state index contributed by atoms with van der Waals surface area (Å²) in [5.74, 6) is -0.747. The Balaban J connectivity index is 1.80. The van der Waals surface area contributed by atoms with Crippen molar-refractivity contribution >= 4 is 23.2 Å². The molecule has 1 aromatic carbocycles. The summed E-state index contributed by atoms with van der Waals surface area (Å²) >= 11 is 0. The van der Waals surface area contributed by atoms with Gasteiger partial charge in [-0.15, -0.1) is 0 Å². The van der Waals surface area contributed by atoms with Crippen LogP contribution in [-0.4, -0.2) is 35.5 Å². The highest BCUT2D eigenvalue weighted by Gasteiger charge is 2.35. The van der Waals surface area contributed by atoms with Gasteiger partial charge in [0.15, 0.2) is 0 Å². The molecule has 24 heavy (non-hydrogen) atoms. The van der Waals surface area contributed by atoms with E-state index in [2.05, 4.69) is 5.10 Å². The van der Waals surface area contributed by atoms with E-state index in [1.165, 1.54) is 9.91 Å². The van der Waals surface area contributed by atoms with Gasteiger partial charge in [0.2, 0.25) is 5.91 Å². The molecule has 0 aliphatic carbocycles. The quantitative estimate of drug-likeness (QED) is 0.898. The van der Waals surface area contributed by atoms with E-state index in [4.69, 9.17) is 10.2 Å². The van der Waals surface area contributed by atoms with E-state index in [1.807, 2.05) is 30.3 Å². The second kappa shape index (κ2) is 6.57. The van der Waals surface area contributed by atoms with Gasteiger partial charge in [-0.2, -0.15) is 5.10 Å². The minimum absolute atomic E-state index is 0.193. The van der Waals surface area contributed by atoms with Crippen LogP contribution in [-0.2, 0) is 16.1 Å². The molecule has 3 rings (SSSR count). The maximum atomic E-state index is 12.6. The van der Waals surface area contributed by atoms with E-state index in [0.717, 1.165) is 11.3 Å². The molecule has 0 spiro atoms. The number of hydrogen-bond donors (Lipinski definition) is 1. The minimum Gasteiger partial charge on any atom is -0.472 e. The van der Waals surface area contributed by atoms with Gasteiger partial charge in [-0.05, 0) is 18.2 Å². The molecule has 0 fully saturated rings. The molecule has 124 valence electrons. The van der Waals surface area contributed by atoms with Gasteiger partial charge in [0.05, 0.1) is 18.2 Å². The van der Waals surface area contributed by atoms with Gasteiger partial charge in [-0.25, -0.2) is 0 Å². The molecule has 1 aromatic heterocycles. The van der Waals surface area contributed by atoms with Crippen LogP contribution in [0.4, 0.5) is 5.69 Å². The number of carbonyl (C=O) groups is 2. The van der Waals surface area contributed by atoms with Crippen molar-refractivity contribution in [3.05, 3.63) is 54.5 Å². The van der Waals surface area contributed by atoms with E-state index in [0.29, 0.717) is 12.3 Å². The van der Waals surface area contributed by atoms with Gasteiger partial charge < -0.3 is 15.1 Å². The van der Waals surface area contributed by atoms with Crippen molar-refractivity contribution in [1.82, 2.24) is 4.90 Å². The summed E-state index contributed by atoms with van der Waals surface area (Å²) in [6, 6.07) is 10.3. The maximum Gasteiger partial charge on any atom is 0.270 e. The van der Waals surface area contributed by atoms with E-state index in [-0.39, 0.29) is 12.3 Å². The number of carbonyl (C=O) groups excluding carboxylic acids is 2. The number of amides is 2. The number of hydrogen-bond acceptors (Lipinski definition) is 5. The molecule has 7 nitrogen and oxygen atoms in total. The Kier molecular flexibility index (Phi) is 4.33. The maximum absolute atomic E-state index is 12.6. The molecule has 2 aromatic rings. The van der Waals surface area contributed by atoms with Crippen LogP contribution in [0.1, 0.15) is 12.0 Å². The zero-order valence-corrected chi connectivity index (χ0v) is 13.3. The highest BCUT2D eigenvalue weighted by Crippen LogP contribution is 2.25. The molecule has 0 bridgehead atoms. The fraction of sp³-hybridized carbons (Fsp3) is 0.235. The lowest BCUT2D eigenvalue weighted by Crippen LogP contribution is -2.40. The average Bonchev–Trinajstić information content (AvgIpc) is 3.24. The van der Waals surface area contributed by atoms with E-state index >= 15 is 0 Å². The monoisotopic (exact) mass is 326 g/mol. The van der Waals surface area contributed by atoms with Gasteiger partial charge in [0, 0.05) is 25.6 Å². The van der Waals surface area contributed by atoms with Gasteiger partial charge in [0.1, 0.15) is 11.8 Å². The summed E-state index contributed by atoms with van der Waals surface area (Å²) in [5, 5.41) is 5.86. The van der Waals surface area contributed by atoms with Crippen LogP contribution in [0.25, 0.3) is 0 Å². The zero-order chi connectivity index (χ0) is 17.1. The van der Waals surface area contributed by atoms with Gasteiger partial charge in [-0.3, -0.25) is 14.6 Å². The molecule has 0 radical (unpaired) electrons. The van der Waals surface area contributed by atoms with Crippen LogP contribution in [0.15, 0.2) is 58.4 Å². The van der Waals surface area contributed by atoms with Crippen LogP contribution >= 0.6 is 0 Å². The fourth-order valence-electron chi connectivity index (χ4n) is 2.63. The summed E-state index contributed by atoms with van der Waals surface area (Å²) in [6.07, 6.45) is 3.34. The predicted molar refractivity (Wildman–Crippen MR) is 89.1 cm³/mol. The van der Waals surface area contributed by atoms with Crippen LogP contribution in [0.2, 0.25) is 0 Å². The van der Waals surface area contributed by atoms with Crippen molar-refractivity contribution in [1.29, 1.82) is 0 Å². The predicted octanol–water partition coefficient (Wildman–Crippen LogP) is 1.36. The van der Waals surface area contributed by atoms with Gasteiger partial charge >= 0.3 is 0 Å². The Bertz CT molecular complexity index is 755. The smallest absolute Gasteiger partial charge is 0.270 e. The summed E-state index contributed by atoms with van der Waals surface area (Å²) in [7, 11) is 1.68. The highest BCUT2D eigenvalue weighted by atomic mass is 16.3. The summed E-state index contributed by atoms with van der Waals surface area (Å²) in [6.45, 7) is 0.404. The molecule has 0 saturated carbocycles. The lowest BCUT2D eigenvalue weighted by atomic mass is 10.1. The first kappa shape index (κ1) is 15.8. The van der Waals surface area contributed by atoms with Gasteiger partial charge in [-0.1, -0.05) is 18.2 Å². The van der Waals surface area contributed by atoms with Crippen LogP contribution in [0, 0.1) is 0 Å². The number of hydrazone groups is 1. The number of anilines is 1. The first-order valence-corrected chi connectivity index (χ1v) is 7.54. The summed E-state index contributed by atoms with van der Waals surface area (Å²) in [4.78, 5) is 25.9. The third kappa shape index (κ3) is 3.15. The summed E-state index contributed by atoms with van der Waals surface area (Å²) < 4.78 is 5.01. The number of primary amides is 1. The number of para-hydroxylation sites is 1. The van der Waals surface area contributed by atoms with Crippen LogP contribution in [0.3, 0.4) is 0 Å². The molecule has 1 aliphatic heterocycles. The van der Waals surface area contributed by atoms with Crippen molar-refractivity contribution in [2.24, 2.45) is 10.8 Å². The Hall–Kier alpha value is -3.09. The lowest BCUT2D eigenvalue weighted by Gasteiger charge is -2.20. The average molecular weight is 326 g/mol. The third-order valence-corrected chi connectivity index (χ3v) is 3.85. The van der Waals surface area contributed by atoms with Gasteiger partial charge in [0.25, 0.3) is 5.91 Å². The second-order valence-electron chi connectivity index (χ2n) is 5.64. The van der Waals surface area contributed by atoms with Crippen molar-refractivity contribution in [3.63, 3.8) is 0 Å². The number of benzene rings is 1. The Morgan fingerprint density at radius 3 is 2.71 bits per heavy atom. The SMILES string of the molecule is CN(Cc1ccoc1)C(=O)C1=NN(c2ccccc2)[C@@H](C(N)=O)C1. The van der Waals surface area contributed by atoms with Crippen molar-refractivity contribution in [2.45, 2.75) is 19.0 Å². The minimum atomic E-state index is -0.659. The number of nitrogens with two attached hydrogens (primary N) is 1.